The van der Waals surface area contributed by atoms with Gasteiger partial charge in [0.1, 0.15) is 0 Å². The van der Waals surface area contributed by atoms with E-state index in [1.165, 1.54) is 12.1 Å². The zero-order valence-corrected chi connectivity index (χ0v) is 11.0. The van der Waals surface area contributed by atoms with Gasteiger partial charge in [-0.25, -0.2) is 8.78 Å². The minimum atomic E-state index is -3.11. The Morgan fingerprint density at radius 2 is 2.18 bits per heavy atom. The van der Waals surface area contributed by atoms with Gasteiger partial charge in [-0.3, -0.25) is 4.79 Å². The number of amides is 1. The van der Waals surface area contributed by atoms with Crippen molar-refractivity contribution in [2.24, 2.45) is 5.73 Å². The first-order chi connectivity index (χ1) is 7.85. The summed E-state index contributed by atoms with van der Waals surface area (Å²) >= 11 is 8.98. The van der Waals surface area contributed by atoms with Crippen LogP contribution in [-0.2, 0) is 0 Å². The van der Waals surface area contributed by atoms with Gasteiger partial charge in [0, 0.05) is 4.47 Å². The molecule has 94 valence electrons. The summed E-state index contributed by atoms with van der Waals surface area (Å²) in [6.45, 7) is -1.63. The summed E-state index contributed by atoms with van der Waals surface area (Å²) in [5, 5.41) is 2.27. The maximum absolute atomic E-state index is 12.8. The molecule has 1 aromatic rings. The molecule has 0 aliphatic carbocycles. The van der Waals surface area contributed by atoms with E-state index in [4.69, 9.17) is 17.3 Å². The largest absolute Gasteiger partial charge is 0.346 e. The Morgan fingerprint density at radius 1 is 1.53 bits per heavy atom. The van der Waals surface area contributed by atoms with Crippen molar-refractivity contribution in [2.75, 3.05) is 13.1 Å². The monoisotopic (exact) mass is 326 g/mol. The van der Waals surface area contributed by atoms with E-state index in [1.54, 1.807) is 6.07 Å². The molecule has 0 bridgehead atoms. The number of carbonyl (C=O) groups is 1. The summed E-state index contributed by atoms with van der Waals surface area (Å²) in [6.07, 6.45) is 0. The summed E-state index contributed by atoms with van der Waals surface area (Å²) in [5.74, 6) is -3.77. The van der Waals surface area contributed by atoms with Crippen molar-refractivity contribution in [3.8, 4) is 0 Å². The topological polar surface area (TPSA) is 55.1 Å². The molecule has 0 saturated carbocycles. The third kappa shape index (κ3) is 4.22. The predicted octanol–water partition coefficient (Wildman–Crippen LogP) is 2.43. The Balaban J connectivity index is 2.71. The van der Waals surface area contributed by atoms with Gasteiger partial charge in [-0.05, 0) is 18.2 Å². The second-order valence-corrected chi connectivity index (χ2v) is 4.69. The first-order valence-electron chi connectivity index (χ1n) is 4.67. The first kappa shape index (κ1) is 14.3. The molecule has 0 aliphatic heterocycles. The summed E-state index contributed by atoms with van der Waals surface area (Å²) in [6, 6.07) is 4.56. The fourth-order valence-electron chi connectivity index (χ4n) is 1.05. The van der Waals surface area contributed by atoms with Gasteiger partial charge in [0.25, 0.3) is 11.8 Å². The van der Waals surface area contributed by atoms with E-state index < -0.39 is 24.9 Å². The lowest BCUT2D eigenvalue weighted by atomic mass is 10.2. The van der Waals surface area contributed by atoms with Crippen LogP contribution in [0.25, 0.3) is 0 Å². The molecule has 1 rings (SSSR count). The zero-order valence-electron chi connectivity index (χ0n) is 8.64. The normalized spacial score (nSPS) is 11.4. The van der Waals surface area contributed by atoms with Crippen molar-refractivity contribution in [1.82, 2.24) is 5.32 Å². The number of alkyl halides is 2. The van der Waals surface area contributed by atoms with Crippen LogP contribution < -0.4 is 11.1 Å². The molecule has 17 heavy (non-hydrogen) atoms. The number of rotatable bonds is 4. The van der Waals surface area contributed by atoms with Crippen LogP contribution in [0.15, 0.2) is 22.7 Å². The van der Waals surface area contributed by atoms with Crippen molar-refractivity contribution < 1.29 is 13.6 Å². The lowest BCUT2D eigenvalue weighted by molar-refractivity contribution is 0.0118. The standard InChI is InChI=1S/C10H10BrClF2N2O/c11-6-1-2-7(8(12)3-6)9(17)16-5-10(13,14)4-15/h1-3H,4-5,15H2,(H,16,17). The third-order valence-corrected chi connectivity index (χ3v) is 2.79. The average Bonchev–Trinajstić information content (AvgIpc) is 2.26. The molecular weight excluding hydrogens is 317 g/mol. The number of carbonyl (C=O) groups excluding carboxylic acids is 1. The Hall–Kier alpha value is -0.720. The van der Waals surface area contributed by atoms with E-state index in [2.05, 4.69) is 21.2 Å². The molecule has 0 fully saturated rings. The molecule has 0 spiro atoms. The van der Waals surface area contributed by atoms with Gasteiger partial charge in [-0.1, -0.05) is 27.5 Å². The number of hydrogen-bond acceptors (Lipinski definition) is 2. The van der Waals surface area contributed by atoms with Gasteiger partial charge < -0.3 is 11.1 Å². The molecule has 3 nitrogen and oxygen atoms in total. The van der Waals surface area contributed by atoms with E-state index in [0.29, 0.717) is 4.47 Å². The summed E-state index contributed by atoms with van der Waals surface area (Å²) in [5.41, 5.74) is 4.99. The Kier molecular flexibility index (Phi) is 4.85. The van der Waals surface area contributed by atoms with Crippen LogP contribution >= 0.6 is 27.5 Å². The van der Waals surface area contributed by atoms with E-state index in [-0.39, 0.29) is 10.6 Å². The Labute approximate surface area is 110 Å². The highest BCUT2D eigenvalue weighted by atomic mass is 79.9. The average molecular weight is 328 g/mol. The number of benzene rings is 1. The van der Waals surface area contributed by atoms with Crippen molar-refractivity contribution in [3.05, 3.63) is 33.3 Å². The van der Waals surface area contributed by atoms with Gasteiger partial charge >= 0.3 is 0 Å². The number of hydrogen-bond donors (Lipinski definition) is 2. The van der Waals surface area contributed by atoms with Crippen molar-refractivity contribution >= 4 is 33.4 Å². The highest BCUT2D eigenvalue weighted by Crippen LogP contribution is 2.21. The quantitative estimate of drug-likeness (QED) is 0.892. The van der Waals surface area contributed by atoms with Gasteiger partial charge in [0.2, 0.25) is 0 Å². The Bertz CT molecular complexity index is 429. The van der Waals surface area contributed by atoms with E-state index >= 15 is 0 Å². The molecular formula is C10H10BrClF2N2O. The zero-order chi connectivity index (χ0) is 13.1. The minimum absolute atomic E-state index is 0.141. The SMILES string of the molecule is NCC(F)(F)CNC(=O)c1ccc(Br)cc1Cl. The summed E-state index contributed by atoms with van der Waals surface area (Å²) in [7, 11) is 0. The van der Waals surface area contributed by atoms with Crippen LogP contribution in [0.1, 0.15) is 10.4 Å². The lowest BCUT2D eigenvalue weighted by Crippen LogP contribution is -2.41. The van der Waals surface area contributed by atoms with E-state index in [0.717, 1.165) is 0 Å². The molecule has 0 radical (unpaired) electrons. The molecule has 3 N–H and O–H groups in total. The van der Waals surface area contributed by atoms with Gasteiger partial charge in [0.15, 0.2) is 0 Å². The lowest BCUT2D eigenvalue weighted by Gasteiger charge is -2.14. The molecule has 7 heteroatoms. The van der Waals surface area contributed by atoms with Crippen molar-refractivity contribution in [1.29, 1.82) is 0 Å². The number of nitrogens with two attached hydrogens (primary N) is 1. The van der Waals surface area contributed by atoms with Gasteiger partial charge in [0.05, 0.1) is 23.7 Å². The second kappa shape index (κ2) is 5.75. The molecule has 1 amide bonds. The summed E-state index contributed by atoms with van der Waals surface area (Å²) < 4.78 is 26.3. The van der Waals surface area contributed by atoms with Crippen molar-refractivity contribution in [2.45, 2.75) is 5.92 Å². The van der Waals surface area contributed by atoms with Gasteiger partial charge in [-0.2, -0.15) is 0 Å². The second-order valence-electron chi connectivity index (χ2n) is 3.37. The maximum atomic E-state index is 12.8. The van der Waals surface area contributed by atoms with Crippen LogP contribution in [0, 0.1) is 0 Å². The predicted molar refractivity (Wildman–Crippen MR) is 65.5 cm³/mol. The Morgan fingerprint density at radius 3 is 2.71 bits per heavy atom. The molecule has 1 aromatic carbocycles. The molecule has 0 unspecified atom stereocenters. The fourth-order valence-corrected chi connectivity index (χ4v) is 1.81. The van der Waals surface area contributed by atoms with Crippen LogP contribution in [0.4, 0.5) is 8.78 Å². The molecule has 0 aliphatic rings. The maximum Gasteiger partial charge on any atom is 0.277 e. The van der Waals surface area contributed by atoms with E-state index in [1.807, 2.05) is 0 Å². The third-order valence-electron chi connectivity index (χ3n) is 1.98. The molecule has 0 aromatic heterocycles. The van der Waals surface area contributed by atoms with Gasteiger partial charge in [-0.15, -0.1) is 0 Å². The van der Waals surface area contributed by atoms with E-state index in [9.17, 15) is 13.6 Å². The highest BCUT2D eigenvalue weighted by Gasteiger charge is 2.27. The van der Waals surface area contributed by atoms with Crippen LogP contribution in [0.2, 0.25) is 5.02 Å². The van der Waals surface area contributed by atoms with Crippen LogP contribution in [0.5, 0.6) is 0 Å². The molecule has 0 saturated heterocycles. The molecule has 0 heterocycles. The first-order valence-corrected chi connectivity index (χ1v) is 5.84. The van der Waals surface area contributed by atoms with Crippen LogP contribution in [-0.4, -0.2) is 24.9 Å². The highest BCUT2D eigenvalue weighted by molar-refractivity contribution is 9.10. The fraction of sp³-hybridized carbons (Fsp3) is 0.300. The number of nitrogens with one attached hydrogen (secondary N) is 1. The minimum Gasteiger partial charge on any atom is -0.346 e. The number of halogens is 4. The van der Waals surface area contributed by atoms with Crippen LogP contribution in [0.3, 0.4) is 0 Å². The van der Waals surface area contributed by atoms with Crippen molar-refractivity contribution in [3.63, 3.8) is 0 Å². The summed E-state index contributed by atoms with van der Waals surface area (Å²) in [4.78, 5) is 11.6. The molecule has 0 atom stereocenters. The smallest absolute Gasteiger partial charge is 0.277 e.